The number of nitrogens with one attached hydrogen (secondary N) is 1. The summed E-state index contributed by atoms with van der Waals surface area (Å²) in [5.74, 6) is 0.523. The van der Waals surface area contributed by atoms with Crippen LogP contribution in [-0.2, 0) is 0 Å². The Morgan fingerprint density at radius 3 is 2.19 bits per heavy atom. The molecule has 0 unspecified atom stereocenters. The van der Waals surface area contributed by atoms with Crippen molar-refractivity contribution in [2.45, 2.75) is 26.4 Å². The van der Waals surface area contributed by atoms with E-state index in [-0.39, 0.29) is 11.4 Å². The molecule has 0 atom stereocenters. The lowest BCUT2D eigenvalue weighted by Gasteiger charge is -2.23. The number of ketones is 1. The molecule has 0 aromatic heterocycles. The van der Waals surface area contributed by atoms with Gasteiger partial charge in [0, 0.05) is 11.3 Å². The maximum Gasteiger partial charge on any atom is 0.196 e. The average molecular weight is 360 g/mol. The van der Waals surface area contributed by atoms with Gasteiger partial charge in [-0.25, -0.2) is 0 Å². The normalized spacial score (nSPS) is 11.1. The molecule has 4 heteroatoms. The zero-order valence-electron chi connectivity index (χ0n) is 15.8. The first-order valence-corrected chi connectivity index (χ1v) is 8.88. The molecule has 4 nitrogen and oxygen atoms in total. The van der Waals surface area contributed by atoms with E-state index < -0.39 is 0 Å². The number of benzene rings is 3. The molecule has 0 radical (unpaired) electrons. The third-order valence-corrected chi connectivity index (χ3v) is 3.93. The van der Waals surface area contributed by atoms with Crippen LogP contribution >= 0.6 is 0 Å². The first-order chi connectivity index (χ1) is 12.8. The lowest BCUT2D eigenvalue weighted by Crippen LogP contribution is -2.24. The van der Waals surface area contributed by atoms with Crippen LogP contribution < -0.4 is 15.8 Å². The van der Waals surface area contributed by atoms with Gasteiger partial charge < -0.3 is 15.8 Å². The van der Waals surface area contributed by atoms with Crippen molar-refractivity contribution >= 4 is 22.8 Å². The highest BCUT2D eigenvalue weighted by Crippen LogP contribution is 2.27. The van der Waals surface area contributed by atoms with E-state index in [4.69, 9.17) is 10.5 Å². The summed E-state index contributed by atoms with van der Waals surface area (Å²) in [6.45, 7) is 5.89. The fourth-order valence-corrected chi connectivity index (χ4v) is 2.70. The fraction of sp³-hybridized carbons (Fsp3) is 0.174. The lowest BCUT2D eigenvalue weighted by molar-refractivity contribution is 0.101. The van der Waals surface area contributed by atoms with E-state index in [1.165, 1.54) is 0 Å². The van der Waals surface area contributed by atoms with Crippen LogP contribution in [0.5, 0.6) is 5.75 Å². The number of carbonyl (C=O) groups excluding carboxylic acids is 1. The largest absolute Gasteiger partial charge is 0.487 e. The average Bonchev–Trinajstić information content (AvgIpc) is 2.63. The standard InChI is InChI=1S/C23H24N2O2/c1-23(2,3)27-21-11-7-4-8-18(21)22(26)16-12-14-17(15-13-16)25-20-10-6-5-9-19(20)24/h4-15,25H,24H2,1-3H3. The Labute approximate surface area is 160 Å². The number of hydrogen-bond acceptors (Lipinski definition) is 4. The molecule has 3 aromatic rings. The van der Waals surface area contributed by atoms with Gasteiger partial charge in [-0.3, -0.25) is 4.79 Å². The Morgan fingerprint density at radius 2 is 1.52 bits per heavy atom. The van der Waals surface area contributed by atoms with E-state index in [2.05, 4.69) is 5.32 Å². The summed E-state index contributed by atoms with van der Waals surface area (Å²) in [4.78, 5) is 13.0. The molecule has 0 fully saturated rings. The molecule has 0 amide bonds. The number of anilines is 3. The van der Waals surface area contributed by atoms with Crippen LogP contribution in [-0.4, -0.2) is 11.4 Å². The Hall–Kier alpha value is -3.27. The molecule has 0 bridgehead atoms. The van der Waals surface area contributed by atoms with Crippen LogP contribution in [0.4, 0.5) is 17.1 Å². The van der Waals surface area contributed by atoms with Gasteiger partial charge in [0.2, 0.25) is 0 Å². The number of nitrogens with two attached hydrogens (primary N) is 1. The van der Waals surface area contributed by atoms with Crippen LogP contribution in [0.1, 0.15) is 36.7 Å². The molecular weight excluding hydrogens is 336 g/mol. The van der Waals surface area contributed by atoms with Gasteiger partial charge in [0.1, 0.15) is 11.4 Å². The minimum Gasteiger partial charge on any atom is -0.487 e. The fourth-order valence-electron chi connectivity index (χ4n) is 2.70. The molecule has 138 valence electrons. The summed E-state index contributed by atoms with van der Waals surface area (Å²) in [5, 5.41) is 3.26. The molecule has 0 aliphatic rings. The van der Waals surface area contributed by atoms with E-state index in [1.54, 1.807) is 18.2 Å². The number of para-hydroxylation sites is 3. The second-order valence-electron chi connectivity index (χ2n) is 7.33. The van der Waals surface area contributed by atoms with Crippen LogP contribution in [0.15, 0.2) is 72.8 Å². The van der Waals surface area contributed by atoms with Gasteiger partial charge in [0.25, 0.3) is 0 Å². The second kappa shape index (κ2) is 7.54. The molecular formula is C23H24N2O2. The smallest absolute Gasteiger partial charge is 0.196 e. The van der Waals surface area contributed by atoms with Crippen molar-refractivity contribution in [3.05, 3.63) is 83.9 Å². The van der Waals surface area contributed by atoms with Crippen molar-refractivity contribution in [1.82, 2.24) is 0 Å². The van der Waals surface area contributed by atoms with E-state index in [1.807, 2.05) is 75.4 Å². The highest BCUT2D eigenvalue weighted by molar-refractivity contribution is 6.10. The highest BCUT2D eigenvalue weighted by atomic mass is 16.5. The molecule has 3 aromatic carbocycles. The number of hydrogen-bond donors (Lipinski definition) is 2. The molecule has 0 aliphatic carbocycles. The van der Waals surface area contributed by atoms with Crippen LogP contribution in [0.25, 0.3) is 0 Å². The van der Waals surface area contributed by atoms with Crippen molar-refractivity contribution in [3.8, 4) is 5.75 Å². The second-order valence-corrected chi connectivity index (χ2v) is 7.33. The van der Waals surface area contributed by atoms with Crippen molar-refractivity contribution in [1.29, 1.82) is 0 Å². The predicted molar refractivity (Wildman–Crippen MR) is 111 cm³/mol. The molecule has 0 spiro atoms. The molecule has 0 aliphatic heterocycles. The summed E-state index contributed by atoms with van der Waals surface area (Å²) < 4.78 is 5.94. The van der Waals surface area contributed by atoms with Crippen molar-refractivity contribution in [3.63, 3.8) is 0 Å². The van der Waals surface area contributed by atoms with Gasteiger partial charge >= 0.3 is 0 Å². The third kappa shape index (κ3) is 4.67. The molecule has 0 saturated heterocycles. The number of ether oxygens (including phenoxy) is 1. The van der Waals surface area contributed by atoms with Crippen molar-refractivity contribution < 1.29 is 9.53 Å². The maximum atomic E-state index is 13.0. The first-order valence-electron chi connectivity index (χ1n) is 8.88. The Bertz CT molecular complexity index is 941. The number of carbonyl (C=O) groups is 1. The van der Waals surface area contributed by atoms with Gasteiger partial charge in [-0.2, -0.15) is 0 Å². The number of nitrogen functional groups attached to an aromatic ring is 1. The molecule has 3 N–H and O–H groups in total. The van der Waals surface area contributed by atoms with E-state index in [0.717, 1.165) is 11.4 Å². The zero-order valence-corrected chi connectivity index (χ0v) is 15.8. The van der Waals surface area contributed by atoms with Gasteiger partial charge in [0.15, 0.2) is 5.78 Å². The summed E-state index contributed by atoms with van der Waals surface area (Å²) in [6, 6.07) is 22.2. The Balaban J connectivity index is 1.82. The van der Waals surface area contributed by atoms with Gasteiger partial charge in [-0.05, 0) is 69.3 Å². The monoisotopic (exact) mass is 360 g/mol. The molecule has 0 saturated carbocycles. The quantitative estimate of drug-likeness (QED) is 0.471. The van der Waals surface area contributed by atoms with E-state index in [0.29, 0.717) is 22.6 Å². The maximum absolute atomic E-state index is 13.0. The molecule has 3 rings (SSSR count). The molecule has 27 heavy (non-hydrogen) atoms. The minimum atomic E-state index is -0.375. The van der Waals surface area contributed by atoms with Crippen LogP contribution in [0, 0.1) is 0 Å². The van der Waals surface area contributed by atoms with Crippen LogP contribution in [0.3, 0.4) is 0 Å². The topological polar surface area (TPSA) is 64.3 Å². The summed E-state index contributed by atoms with van der Waals surface area (Å²) >= 11 is 0. The van der Waals surface area contributed by atoms with E-state index >= 15 is 0 Å². The first kappa shape index (κ1) is 18.5. The molecule has 0 heterocycles. The highest BCUT2D eigenvalue weighted by Gasteiger charge is 2.19. The zero-order chi connectivity index (χ0) is 19.4. The van der Waals surface area contributed by atoms with E-state index in [9.17, 15) is 4.79 Å². The van der Waals surface area contributed by atoms with Gasteiger partial charge in [0.05, 0.1) is 16.9 Å². The predicted octanol–water partition coefficient (Wildman–Crippen LogP) is 5.42. The lowest BCUT2D eigenvalue weighted by atomic mass is 10.0. The Morgan fingerprint density at radius 1 is 0.889 bits per heavy atom. The SMILES string of the molecule is CC(C)(C)Oc1ccccc1C(=O)c1ccc(Nc2ccccc2N)cc1. The number of rotatable bonds is 5. The van der Waals surface area contributed by atoms with Gasteiger partial charge in [-0.15, -0.1) is 0 Å². The van der Waals surface area contributed by atoms with Gasteiger partial charge in [-0.1, -0.05) is 24.3 Å². The summed E-state index contributed by atoms with van der Waals surface area (Å²) in [7, 11) is 0. The van der Waals surface area contributed by atoms with Crippen LogP contribution in [0.2, 0.25) is 0 Å². The Kier molecular flexibility index (Phi) is 5.17. The minimum absolute atomic E-state index is 0.0689. The van der Waals surface area contributed by atoms with Crippen molar-refractivity contribution in [2.24, 2.45) is 0 Å². The summed E-state index contributed by atoms with van der Waals surface area (Å²) in [5.41, 5.74) is 9.11. The third-order valence-electron chi connectivity index (χ3n) is 3.93. The summed E-state index contributed by atoms with van der Waals surface area (Å²) in [6.07, 6.45) is 0. The van der Waals surface area contributed by atoms with Crippen molar-refractivity contribution in [2.75, 3.05) is 11.1 Å².